The largest absolute Gasteiger partial charge is 0.350 e. The van der Waals surface area contributed by atoms with E-state index in [1.165, 1.54) is 10.8 Å². The summed E-state index contributed by atoms with van der Waals surface area (Å²) in [6.07, 6.45) is 3.08. The lowest BCUT2D eigenvalue weighted by Gasteiger charge is -2.23. The first-order valence-electron chi connectivity index (χ1n) is 4.89. The first-order valence-corrected chi connectivity index (χ1v) is 4.89. The fraction of sp³-hybridized carbons (Fsp3) is 0.600. The molecule has 2 N–H and O–H groups in total. The first-order chi connectivity index (χ1) is 6.81. The normalized spacial score (nSPS) is 13.6. The SMILES string of the molecule is CC(C(=O)NC(C)(C)C)n1cc[nH]c1=O. The van der Waals surface area contributed by atoms with Crippen LogP contribution in [0.15, 0.2) is 17.2 Å². The minimum absolute atomic E-state index is 0.163. The molecule has 1 unspecified atom stereocenters. The van der Waals surface area contributed by atoms with Gasteiger partial charge in [-0.25, -0.2) is 4.79 Å². The highest BCUT2D eigenvalue weighted by Crippen LogP contribution is 2.06. The fourth-order valence-electron chi connectivity index (χ4n) is 1.24. The van der Waals surface area contributed by atoms with Crippen LogP contribution >= 0.6 is 0 Å². The van der Waals surface area contributed by atoms with Crippen molar-refractivity contribution in [2.24, 2.45) is 0 Å². The smallest absolute Gasteiger partial charge is 0.326 e. The second kappa shape index (κ2) is 3.92. The van der Waals surface area contributed by atoms with Crippen molar-refractivity contribution in [1.82, 2.24) is 14.9 Å². The summed E-state index contributed by atoms with van der Waals surface area (Å²) < 4.78 is 1.36. The molecule has 1 atom stereocenters. The standard InChI is InChI=1S/C10H17N3O2/c1-7(8(14)12-10(2,3)4)13-6-5-11-9(13)15/h5-7H,1-4H3,(H,11,15)(H,12,14). The van der Waals surface area contributed by atoms with Crippen molar-refractivity contribution in [3.8, 4) is 0 Å². The zero-order valence-electron chi connectivity index (χ0n) is 9.50. The number of imidazole rings is 1. The molecule has 0 aliphatic rings. The van der Waals surface area contributed by atoms with Crippen molar-refractivity contribution in [2.45, 2.75) is 39.3 Å². The molecule has 1 aromatic rings. The van der Waals surface area contributed by atoms with E-state index in [2.05, 4.69) is 10.3 Å². The van der Waals surface area contributed by atoms with Crippen LogP contribution < -0.4 is 11.0 Å². The van der Waals surface area contributed by atoms with Crippen LogP contribution in [0.3, 0.4) is 0 Å². The van der Waals surface area contributed by atoms with Crippen LogP contribution in [0, 0.1) is 0 Å². The van der Waals surface area contributed by atoms with Gasteiger partial charge in [0.2, 0.25) is 5.91 Å². The van der Waals surface area contributed by atoms with E-state index in [0.29, 0.717) is 0 Å². The number of aromatic amines is 1. The van der Waals surface area contributed by atoms with Crippen LogP contribution in [0.4, 0.5) is 0 Å². The molecule has 0 aromatic carbocycles. The van der Waals surface area contributed by atoms with E-state index in [-0.39, 0.29) is 17.1 Å². The second-order valence-corrected chi connectivity index (χ2v) is 4.59. The molecule has 0 saturated carbocycles. The van der Waals surface area contributed by atoms with Crippen molar-refractivity contribution in [3.05, 3.63) is 22.9 Å². The third-order valence-electron chi connectivity index (χ3n) is 1.97. The Bertz CT molecular complexity index is 397. The van der Waals surface area contributed by atoms with Crippen molar-refractivity contribution < 1.29 is 4.79 Å². The summed E-state index contributed by atoms with van der Waals surface area (Å²) in [5, 5.41) is 2.82. The number of nitrogens with one attached hydrogen (secondary N) is 2. The van der Waals surface area contributed by atoms with Gasteiger partial charge in [-0.05, 0) is 27.7 Å². The topological polar surface area (TPSA) is 66.9 Å². The van der Waals surface area contributed by atoms with E-state index >= 15 is 0 Å². The predicted molar refractivity (Wildman–Crippen MR) is 57.7 cm³/mol. The lowest BCUT2D eigenvalue weighted by molar-refractivity contribution is -0.125. The van der Waals surface area contributed by atoms with Gasteiger partial charge in [0, 0.05) is 17.9 Å². The van der Waals surface area contributed by atoms with E-state index in [4.69, 9.17) is 0 Å². The zero-order valence-corrected chi connectivity index (χ0v) is 9.50. The van der Waals surface area contributed by atoms with Crippen LogP contribution in [-0.2, 0) is 4.79 Å². The van der Waals surface area contributed by atoms with Gasteiger partial charge in [0.05, 0.1) is 0 Å². The van der Waals surface area contributed by atoms with Gasteiger partial charge >= 0.3 is 5.69 Å². The van der Waals surface area contributed by atoms with Crippen molar-refractivity contribution >= 4 is 5.91 Å². The van der Waals surface area contributed by atoms with Gasteiger partial charge in [-0.15, -0.1) is 0 Å². The van der Waals surface area contributed by atoms with Gasteiger partial charge in [-0.2, -0.15) is 0 Å². The molecular weight excluding hydrogens is 194 g/mol. The maximum absolute atomic E-state index is 11.7. The average Bonchev–Trinajstić information content (AvgIpc) is 2.47. The Balaban J connectivity index is 2.78. The Hall–Kier alpha value is -1.52. The number of aromatic nitrogens is 2. The Morgan fingerprint density at radius 3 is 2.53 bits per heavy atom. The quantitative estimate of drug-likeness (QED) is 0.754. The van der Waals surface area contributed by atoms with Crippen LogP contribution in [0.25, 0.3) is 0 Å². The van der Waals surface area contributed by atoms with E-state index in [0.717, 1.165) is 0 Å². The highest BCUT2D eigenvalue weighted by Gasteiger charge is 2.21. The minimum atomic E-state index is -0.497. The molecule has 0 radical (unpaired) electrons. The molecule has 1 heterocycles. The van der Waals surface area contributed by atoms with Crippen LogP contribution in [-0.4, -0.2) is 21.0 Å². The molecular formula is C10H17N3O2. The maximum atomic E-state index is 11.7. The van der Waals surface area contributed by atoms with Crippen molar-refractivity contribution in [2.75, 3.05) is 0 Å². The third-order valence-corrected chi connectivity index (χ3v) is 1.97. The number of amides is 1. The fourth-order valence-corrected chi connectivity index (χ4v) is 1.24. The summed E-state index contributed by atoms with van der Waals surface area (Å²) in [6.45, 7) is 7.39. The second-order valence-electron chi connectivity index (χ2n) is 4.59. The average molecular weight is 211 g/mol. The molecule has 15 heavy (non-hydrogen) atoms. The lowest BCUT2D eigenvalue weighted by Crippen LogP contribution is -2.44. The Morgan fingerprint density at radius 2 is 2.13 bits per heavy atom. The summed E-state index contributed by atoms with van der Waals surface area (Å²) in [4.78, 5) is 25.5. The van der Waals surface area contributed by atoms with Gasteiger partial charge in [0.15, 0.2) is 0 Å². The Morgan fingerprint density at radius 1 is 1.53 bits per heavy atom. The molecule has 0 aliphatic heterocycles. The molecule has 5 nitrogen and oxygen atoms in total. The number of nitrogens with zero attached hydrogens (tertiary/aromatic N) is 1. The number of hydrogen-bond donors (Lipinski definition) is 2. The van der Waals surface area contributed by atoms with Crippen molar-refractivity contribution in [3.63, 3.8) is 0 Å². The number of carbonyl (C=O) groups is 1. The monoisotopic (exact) mass is 211 g/mol. The summed E-state index contributed by atoms with van der Waals surface area (Å²) in [7, 11) is 0. The van der Waals surface area contributed by atoms with Gasteiger partial charge in [0.1, 0.15) is 6.04 Å². The van der Waals surface area contributed by atoms with E-state index in [9.17, 15) is 9.59 Å². The summed E-state index contributed by atoms with van der Waals surface area (Å²) >= 11 is 0. The Kier molecular flexibility index (Phi) is 3.02. The summed E-state index contributed by atoms with van der Waals surface area (Å²) in [6, 6.07) is -0.497. The highest BCUT2D eigenvalue weighted by molar-refractivity contribution is 5.80. The van der Waals surface area contributed by atoms with Crippen LogP contribution in [0.5, 0.6) is 0 Å². The molecule has 1 aromatic heterocycles. The number of hydrogen-bond acceptors (Lipinski definition) is 2. The molecule has 1 rings (SSSR count). The molecule has 0 spiro atoms. The van der Waals surface area contributed by atoms with Gasteiger partial charge in [0.25, 0.3) is 0 Å². The number of H-pyrrole nitrogens is 1. The molecule has 5 heteroatoms. The van der Waals surface area contributed by atoms with Crippen LogP contribution in [0.2, 0.25) is 0 Å². The molecule has 84 valence electrons. The van der Waals surface area contributed by atoms with Gasteiger partial charge in [-0.3, -0.25) is 9.36 Å². The minimum Gasteiger partial charge on any atom is -0.350 e. The lowest BCUT2D eigenvalue weighted by atomic mass is 10.1. The molecule has 0 saturated heterocycles. The molecule has 0 fully saturated rings. The summed E-state index contributed by atoms with van der Waals surface area (Å²) in [5.41, 5.74) is -0.558. The van der Waals surface area contributed by atoms with Gasteiger partial charge < -0.3 is 10.3 Å². The zero-order chi connectivity index (χ0) is 11.6. The first kappa shape index (κ1) is 11.6. The number of carbonyl (C=O) groups excluding carboxylic acids is 1. The highest BCUT2D eigenvalue weighted by atomic mass is 16.2. The van der Waals surface area contributed by atoms with Crippen molar-refractivity contribution in [1.29, 1.82) is 0 Å². The Labute approximate surface area is 88.5 Å². The van der Waals surface area contributed by atoms with E-state index < -0.39 is 6.04 Å². The van der Waals surface area contributed by atoms with Crippen LogP contribution in [0.1, 0.15) is 33.7 Å². The number of rotatable bonds is 2. The van der Waals surface area contributed by atoms with E-state index in [1.54, 1.807) is 13.1 Å². The summed E-state index contributed by atoms with van der Waals surface area (Å²) in [5.74, 6) is -0.163. The molecule has 0 bridgehead atoms. The van der Waals surface area contributed by atoms with Gasteiger partial charge in [-0.1, -0.05) is 0 Å². The molecule has 0 aliphatic carbocycles. The van der Waals surface area contributed by atoms with E-state index in [1.807, 2.05) is 20.8 Å². The third kappa shape index (κ3) is 2.97. The predicted octanol–water partition coefficient (Wildman–Crippen LogP) is 0.652. The molecule has 1 amide bonds. The maximum Gasteiger partial charge on any atom is 0.326 e.